The SMILES string of the molecule is CNCC1O[C@H](C2CCN(Cc3ccc(OC)cc3)CC2)Cc2c1ccc(C)c2O. The van der Waals surface area contributed by atoms with Crippen molar-refractivity contribution in [3.8, 4) is 11.5 Å². The average Bonchev–Trinajstić information content (AvgIpc) is 2.77. The number of likely N-dealkylation sites (N-methyl/N-ethyl adjacent to an activating group) is 1. The maximum absolute atomic E-state index is 10.7. The molecule has 162 valence electrons. The van der Waals surface area contributed by atoms with Gasteiger partial charge in [0.1, 0.15) is 11.5 Å². The summed E-state index contributed by atoms with van der Waals surface area (Å²) in [5.41, 5.74) is 4.51. The minimum Gasteiger partial charge on any atom is -0.507 e. The first-order chi connectivity index (χ1) is 14.6. The van der Waals surface area contributed by atoms with Crippen molar-refractivity contribution in [1.82, 2.24) is 10.2 Å². The van der Waals surface area contributed by atoms with E-state index in [1.165, 1.54) is 5.56 Å². The van der Waals surface area contributed by atoms with Crippen molar-refractivity contribution in [3.63, 3.8) is 0 Å². The number of piperidine rings is 1. The van der Waals surface area contributed by atoms with Crippen molar-refractivity contribution in [3.05, 3.63) is 58.7 Å². The van der Waals surface area contributed by atoms with E-state index in [9.17, 15) is 5.11 Å². The third-order valence-electron chi connectivity index (χ3n) is 6.72. The number of hydrogen-bond acceptors (Lipinski definition) is 5. The molecule has 0 aliphatic carbocycles. The van der Waals surface area contributed by atoms with E-state index in [2.05, 4.69) is 28.4 Å². The van der Waals surface area contributed by atoms with E-state index in [4.69, 9.17) is 9.47 Å². The minimum atomic E-state index is 0.00702. The molecular weight excluding hydrogens is 376 g/mol. The molecule has 1 saturated heterocycles. The van der Waals surface area contributed by atoms with Crippen LogP contribution in [0.25, 0.3) is 0 Å². The molecule has 0 spiro atoms. The Hall–Kier alpha value is -2.08. The highest BCUT2D eigenvalue weighted by Crippen LogP contribution is 2.40. The molecule has 1 fully saturated rings. The molecule has 30 heavy (non-hydrogen) atoms. The van der Waals surface area contributed by atoms with Crippen LogP contribution in [0.3, 0.4) is 0 Å². The zero-order valence-electron chi connectivity index (χ0n) is 18.4. The number of phenols is 1. The van der Waals surface area contributed by atoms with Gasteiger partial charge < -0.3 is 19.9 Å². The summed E-state index contributed by atoms with van der Waals surface area (Å²) in [5.74, 6) is 1.89. The number of benzene rings is 2. The van der Waals surface area contributed by atoms with Crippen LogP contribution >= 0.6 is 0 Å². The fourth-order valence-corrected chi connectivity index (χ4v) is 4.91. The van der Waals surface area contributed by atoms with Gasteiger partial charge in [-0.3, -0.25) is 4.90 Å². The van der Waals surface area contributed by atoms with Crippen molar-refractivity contribution in [2.45, 2.75) is 44.9 Å². The van der Waals surface area contributed by atoms with Crippen LogP contribution in [0.4, 0.5) is 0 Å². The van der Waals surface area contributed by atoms with Crippen molar-refractivity contribution >= 4 is 0 Å². The van der Waals surface area contributed by atoms with Gasteiger partial charge in [0.25, 0.3) is 0 Å². The van der Waals surface area contributed by atoms with Gasteiger partial charge in [-0.1, -0.05) is 24.3 Å². The van der Waals surface area contributed by atoms with Crippen LogP contribution < -0.4 is 10.1 Å². The van der Waals surface area contributed by atoms with Crippen LogP contribution in [0.2, 0.25) is 0 Å². The standard InChI is InChI=1S/C25H34N2O3/c1-17-4-9-21-22(25(17)28)14-23(30-24(21)15-26-2)19-10-12-27(13-11-19)16-18-5-7-20(29-3)8-6-18/h4-9,19,23-24,26,28H,10-16H2,1-3H3/t23-,24?/m0/s1. The molecule has 0 radical (unpaired) electrons. The molecule has 2 atom stereocenters. The number of ether oxygens (including phenoxy) is 2. The zero-order chi connectivity index (χ0) is 21.1. The van der Waals surface area contributed by atoms with Gasteiger partial charge in [-0.05, 0) is 74.6 Å². The quantitative estimate of drug-likeness (QED) is 0.758. The molecule has 4 rings (SSSR count). The highest BCUT2D eigenvalue weighted by atomic mass is 16.5. The van der Waals surface area contributed by atoms with E-state index in [1.54, 1.807) is 7.11 Å². The number of aromatic hydroxyl groups is 1. The van der Waals surface area contributed by atoms with Crippen molar-refractivity contribution in [2.24, 2.45) is 5.92 Å². The van der Waals surface area contributed by atoms with Gasteiger partial charge in [-0.15, -0.1) is 0 Å². The largest absolute Gasteiger partial charge is 0.507 e. The monoisotopic (exact) mass is 410 g/mol. The number of phenolic OH excluding ortho intramolecular Hbond substituents is 1. The molecule has 2 N–H and O–H groups in total. The predicted molar refractivity (Wildman–Crippen MR) is 119 cm³/mol. The minimum absolute atomic E-state index is 0.00702. The number of rotatable bonds is 6. The Morgan fingerprint density at radius 2 is 1.87 bits per heavy atom. The van der Waals surface area contributed by atoms with Crippen LogP contribution in [0.1, 0.15) is 41.2 Å². The van der Waals surface area contributed by atoms with E-state index in [0.717, 1.165) is 67.9 Å². The van der Waals surface area contributed by atoms with Crippen molar-refractivity contribution in [1.29, 1.82) is 0 Å². The topological polar surface area (TPSA) is 54.0 Å². The number of hydrogen-bond donors (Lipinski definition) is 2. The summed E-state index contributed by atoms with van der Waals surface area (Å²) >= 11 is 0. The lowest BCUT2D eigenvalue weighted by Gasteiger charge is -2.40. The smallest absolute Gasteiger partial charge is 0.122 e. The lowest BCUT2D eigenvalue weighted by atomic mass is 9.83. The molecule has 2 heterocycles. The Morgan fingerprint density at radius 1 is 1.13 bits per heavy atom. The summed E-state index contributed by atoms with van der Waals surface area (Å²) in [6, 6.07) is 12.5. The van der Waals surface area contributed by atoms with Gasteiger partial charge in [-0.2, -0.15) is 0 Å². The lowest BCUT2D eigenvalue weighted by molar-refractivity contribution is -0.0674. The molecule has 5 nitrogen and oxygen atoms in total. The van der Waals surface area contributed by atoms with E-state index in [0.29, 0.717) is 11.7 Å². The summed E-state index contributed by atoms with van der Waals surface area (Å²) in [7, 11) is 3.66. The first-order valence-corrected chi connectivity index (χ1v) is 11.1. The molecule has 0 aromatic heterocycles. The number of fused-ring (bicyclic) bond motifs is 1. The molecule has 2 aliphatic heterocycles. The Balaban J connectivity index is 1.39. The molecule has 5 heteroatoms. The normalized spacial score (nSPS) is 22.6. The van der Waals surface area contributed by atoms with E-state index >= 15 is 0 Å². The molecule has 2 aromatic carbocycles. The Kier molecular flexibility index (Phi) is 6.61. The number of nitrogens with one attached hydrogen (secondary N) is 1. The molecular formula is C25H34N2O3. The van der Waals surface area contributed by atoms with E-state index in [-0.39, 0.29) is 12.2 Å². The van der Waals surface area contributed by atoms with Crippen molar-refractivity contribution < 1.29 is 14.6 Å². The molecule has 2 aromatic rings. The Labute approximate surface area is 180 Å². The van der Waals surface area contributed by atoms with Gasteiger partial charge in [0.15, 0.2) is 0 Å². The third-order valence-corrected chi connectivity index (χ3v) is 6.72. The Morgan fingerprint density at radius 3 is 2.53 bits per heavy atom. The fraction of sp³-hybridized carbons (Fsp3) is 0.520. The molecule has 0 saturated carbocycles. The van der Waals surface area contributed by atoms with Crippen LogP contribution in [0.5, 0.6) is 11.5 Å². The summed E-state index contributed by atoms with van der Waals surface area (Å²) in [6.07, 6.45) is 3.26. The first kappa shape index (κ1) is 21.2. The molecule has 1 unspecified atom stereocenters. The lowest BCUT2D eigenvalue weighted by Crippen LogP contribution is -2.42. The van der Waals surface area contributed by atoms with Crippen molar-refractivity contribution in [2.75, 3.05) is 33.8 Å². The van der Waals surface area contributed by atoms with Gasteiger partial charge >= 0.3 is 0 Å². The summed E-state index contributed by atoms with van der Waals surface area (Å²) in [6.45, 7) is 5.89. The Bertz CT molecular complexity index is 844. The highest BCUT2D eigenvalue weighted by molar-refractivity contribution is 5.47. The number of nitrogens with zero attached hydrogens (tertiary/aromatic N) is 1. The highest BCUT2D eigenvalue weighted by Gasteiger charge is 2.35. The van der Waals surface area contributed by atoms with Crippen LogP contribution in [-0.4, -0.2) is 49.9 Å². The molecule has 0 bridgehead atoms. The molecule has 2 aliphatic rings. The summed E-state index contributed by atoms with van der Waals surface area (Å²) < 4.78 is 11.8. The van der Waals surface area contributed by atoms with Crippen LogP contribution in [-0.2, 0) is 17.7 Å². The maximum Gasteiger partial charge on any atom is 0.122 e. The maximum atomic E-state index is 10.7. The van der Waals surface area contributed by atoms with Gasteiger partial charge in [0, 0.05) is 25.1 Å². The number of methoxy groups -OCH3 is 1. The van der Waals surface area contributed by atoms with E-state index in [1.807, 2.05) is 32.2 Å². The summed E-state index contributed by atoms with van der Waals surface area (Å²) in [5, 5.41) is 14.0. The summed E-state index contributed by atoms with van der Waals surface area (Å²) in [4.78, 5) is 2.53. The second-order valence-corrected chi connectivity index (χ2v) is 8.69. The zero-order valence-corrected chi connectivity index (χ0v) is 18.4. The fourth-order valence-electron chi connectivity index (χ4n) is 4.91. The average molecular weight is 411 g/mol. The number of likely N-dealkylation sites (tertiary alicyclic amines) is 1. The number of aryl methyl sites for hydroxylation is 1. The van der Waals surface area contributed by atoms with Crippen LogP contribution in [0, 0.1) is 12.8 Å². The predicted octanol–water partition coefficient (Wildman–Crippen LogP) is 3.82. The van der Waals surface area contributed by atoms with Gasteiger partial charge in [0.05, 0.1) is 19.3 Å². The third kappa shape index (κ3) is 4.48. The van der Waals surface area contributed by atoms with Crippen LogP contribution in [0.15, 0.2) is 36.4 Å². The second kappa shape index (κ2) is 9.38. The second-order valence-electron chi connectivity index (χ2n) is 8.69. The van der Waals surface area contributed by atoms with E-state index < -0.39 is 0 Å². The van der Waals surface area contributed by atoms with Gasteiger partial charge in [-0.25, -0.2) is 0 Å². The van der Waals surface area contributed by atoms with Gasteiger partial charge in [0.2, 0.25) is 0 Å². The first-order valence-electron chi connectivity index (χ1n) is 11.1. The molecule has 0 amide bonds.